The Bertz CT molecular complexity index is 637. The van der Waals surface area contributed by atoms with Gasteiger partial charge in [-0.05, 0) is 18.2 Å². The average Bonchev–Trinajstić information content (AvgIpc) is 2.46. The summed E-state index contributed by atoms with van der Waals surface area (Å²) < 4.78 is 5.03. The van der Waals surface area contributed by atoms with E-state index in [1.54, 1.807) is 30.3 Å². The van der Waals surface area contributed by atoms with E-state index in [1.165, 1.54) is 25.3 Å². The van der Waals surface area contributed by atoms with Crippen LogP contribution in [-0.4, -0.2) is 17.8 Å². The summed E-state index contributed by atoms with van der Waals surface area (Å²) in [6, 6.07) is 12.4. The zero-order chi connectivity index (χ0) is 13.8. The maximum absolute atomic E-state index is 12.3. The summed E-state index contributed by atoms with van der Waals surface area (Å²) in [7, 11) is 1.49. The second-order valence-corrected chi connectivity index (χ2v) is 3.84. The lowest BCUT2D eigenvalue weighted by molar-refractivity contribution is -0.385. The first-order chi connectivity index (χ1) is 9.13. The van der Waals surface area contributed by atoms with E-state index in [9.17, 15) is 14.9 Å². The van der Waals surface area contributed by atoms with Crippen molar-refractivity contribution < 1.29 is 14.5 Å². The monoisotopic (exact) mass is 257 g/mol. The number of carbonyl (C=O) groups is 1. The number of ether oxygens (including phenoxy) is 1. The summed E-state index contributed by atoms with van der Waals surface area (Å²) in [5, 5.41) is 10.9. The smallest absolute Gasteiger partial charge is 0.280 e. The van der Waals surface area contributed by atoms with E-state index in [0.717, 1.165) is 0 Å². The van der Waals surface area contributed by atoms with Gasteiger partial charge in [0.25, 0.3) is 5.69 Å². The van der Waals surface area contributed by atoms with Crippen LogP contribution in [0.3, 0.4) is 0 Å². The van der Waals surface area contributed by atoms with Crippen molar-refractivity contribution in [1.82, 2.24) is 0 Å². The van der Waals surface area contributed by atoms with Crippen LogP contribution in [-0.2, 0) is 0 Å². The third kappa shape index (κ3) is 2.60. The first-order valence-corrected chi connectivity index (χ1v) is 5.55. The van der Waals surface area contributed by atoms with E-state index in [2.05, 4.69) is 0 Å². The zero-order valence-electron chi connectivity index (χ0n) is 10.2. The molecule has 5 heteroatoms. The lowest BCUT2D eigenvalue weighted by Crippen LogP contribution is -2.05. The minimum absolute atomic E-state index is 0.0701. The summed E-state index contributed by atoms with van der Waals surface area (Å²) in [6.45, 7) is 0. The van der Waals surface area contributed by atoms with Gasteiger partial charge in [-0.1, -0.05) is 24.3 Å². The van der Waals surface area contributed by atoms with Crippen molar-refractivity contribution in [3.63, 3.8) is 0 Å². The van der Waals surface area contributed by atoms with Gasteiger partial charge in [0.05, 0.1) is 12.0 Å². The molecular formula is C14H11NO4. The van der Waals surface area contributed by atoms with E-state index in [1.807, 2.05) is 0 Å². The average molecular weight is 257 g/mol. The largest absolute Gasteiger partial charge is 0.497 e. The van der Waals surface area contributed by atoms with E-state index in [-0.39, 0.29) is 11.3 Å². The second-order valence-electron chi connectivity index (χ2n) is 3.84. The molecule has 0 aromatic heterocycles. The number of nitro groups is 1. The highest BCUT2D eigenvalue weighted by atomic mass is 16.6. The van der Waals surface area contributed by atoms with Gasteiger partial charge in [0.15, 0.2) is 5.78 Å². The van der Waals surface area contributed by atoms with Crippen LogP contribution in [0.25, 0.3) is 0 Å². The summed E-state index contributed by atoms with van der Waals surface area (Å²) in [4.78, 5) is 22.6. The predicted molar refractivity (Wildman–Crippen MR) is 69.5 cm³/mol. The maximum atomic E-state index is 12.3. The molecule has 96 valence electrons. The number of nitrogens with zero attached hydrogens (tertiary/aromatic N) is 1. The van der Waals surface area contributed by atoms with Crippen molar-refractivity contribution >= 4 is 11.5 Å². The van der Waals surface area contributed by atoms with Gasteiger partial charge >= 0.3 is 0 Å². The highest BCUT2D eigenvalue weighted by molar-refractivity contribution is 6.11. The number of hydrogen-bond acceptors (Lipinski definition) is 4. The highest BCUT2D eigenvalue weighted by Gasteiger charge is 2.20. The Kier molecular flexibility index (Phi) is 3.56. The van der Waals surface area contributed by atoms with Crippen molar-refractivity contribution in [3.05, 3.63) is 69.8 Å². The number of para-hydroxylation sites is 1. The molecule has 19 heavy (non-hydrogen) atoms. The minimum Gasteiger partial charge on any atom is -0.497 e. The number of nitro benzene ring substituents is 1. The molecule has 0 saturated heterocycles. The topological polar surface area (TPSA) is 69.4 Å². The zero-order valence-corrected chi connectivity index (χ0v) is 10.2. The Morgan fingerprint density at radius 2 is 1.89 bits per heavy atom. The van der Waals surface area contributed by atoms with Gasteiger partial charge in [0.2, 0.25) is 0 Å². The molecule has 5 nitrogen and oxygen atoms in total. The first kappa shape index (κ1) is 12.8. The van der Waals surface area contributed by atoms with Crippen molar-refractivity contribution in [2.45, 2.75) is 0 Å². The summed E-state index contributed by atoms with van der Waals surface area (Å²) in [5.41, 5.74) is 0.227. The molecule has 0 saturated carbocycles. The van der Waals surface area contributed by atoms with E-state index < -0.39 is 10.7 Å². The molecule has 2 rings (SSSR count). The van der Waals surface area contributed by atoms with Crippen LogP contribution in [0.4, 0.5) is 5.69 Å². The van der Waals surface area contributed by atoms with Crippen LogP contribution < -0.4 is 4.74 Å². The molecule has 0 aliphatic carbocycles. The van der Waals surface area contributed by atoms with Crippen molar-refractivity contribution in [2.24, 2.45) is 0 Å². The van der Waals surface area contributed by atoms with Gasteiger partial charge in [-0.3, -0.25) is 14.9 Å². The van der Waals surface area contributed by atoms with Gasteiger partial charge in [0.1, 0.15) is 11.3 Å². The van der Waals surface area contributed by atoms with Crippen molar-refractivity contribution in [1.29, 1.82) is 0 Å². The van der Waals surface area contributed by atoms with E-state index in [0.29, 0.717) is 11.3 Å². The quantitative estimate of drug-likeness (QED) is 0.479. The fraction of sp³-hybridized carbons (Fsp3) is 0.0714. The molecule has 0 aliphatic heterocycles. The Labute approximate surface area is 109 Å². The number of hydrogen-bond donors (Lipinski definition) is 0. The molecule has 0 radical (unpaired) electrons. The van der Waals surface area contributed by atoms with Crippen molar-refractivity contribution in [3.8, 4) is 5.75 Å². The Hall–Kier alpha value is -2.69. The van der Waals surface area contributed by atoms with Gasteiger partial charge in [-0.2, -0.15) is 0 Å². The van der Waals surface area contributed by atoms with Crippen LogP contribution in [0.2, 0.25) is 0 Å². The normalized spacial score (nSPS) is 9.95. The van der Waals surface area contributed by atoms with Crippen LogP contribution in [0.5, 0.6) is 5.75 Å². The fourth-order valence-electron chi connectivity index (χ4n) is 1.74. The number of carbonyl (C=O) groups excluding carboxylic acids is 1. The SMILES string of the molecule is COc1cccc(C(=O)c2ccccc2[N+](=O)[O-])c1. The molecule has 0 aliphatic rings. The molecule has 2 aromatic carbocycles. The van der Waals surface area contributed by atoms with E-state index in [4.69, 9.17) is 4.74 Å². The summed E-state index contributed by atoms with van der Waals surface area (Å²) in [6.07, 6.45) is 0. The third-order valence-corrected chi connectivity index (χ3v) is 2.68. The second kappa shape index (κ2) is 5.30. The standard InChI is InChI=1S/C14H11NO4/c1-19-11-6-4-5-10(9-11)14(16)12-7-2-3-8-13(12)15(17)18/h2-9H,1H3. The number of benzene rings is 2. The van der Waals surface area contributed by atoms with Crippen LogP contribution in [0.1, 0.15) is 15.9 Å². The molecular weight excluding hydrogens is 246 g/mol. The van der Waals surface area contributed by atoms with E-state index >= 15 is 0 Å². The Morgan fingerprint density at radius 3 is 2.58 bits per heavy atom. The molecule has 0 N–H and O–H groups in total. The first-order valence-electron chi connectivity index (χ1n) is 5.55. The molecule has 0 atom stereocenters. The predicted octanol–water partition coefficient (Wildman–Crippen LogP) is 2.83. The number of methoxy groups -OCH3 is 1. The Morgan fingerprint density at radius 1 is 1.16 bits per heavy atom. The van der Waals surface area contributed by atoms with Crippen LogP contribution >= 0.6 is 0 Å². The molecule has 2 aromatic rings. The van der Waals surface area contributed by atoms with Gasteiger partial charge in [-0.25, -0.2) is 0 Å². The molecule has 0 unspecified atom stereocenters. The number of ketones is 1. The fourth-order valence-corrected chi connectivity index (χ4v) is 1.74. The lowest BCUT2D eigenvalue weighted by atomic mass is 10.0. The summed E-state index contributed by atoms with van der Waals surface area (Å²) in [5.74, 6) is 0.135. The van der Waals surface area contributed by atoms with Crippen LogP contribution in [0, 0.1) is 10.1 Å². The third-order valence-electron chi connectivity index (χ3n) is 2.68. The van der Waals surface area contributed by atoms with Crippen LogP contribution in [0.15, 0.2) is 48.5 Å². The lowest BCUT2D eigenvalue weighted by Gasteiger charge is -2.04. The number of rotatable bonds is 4. The highest BCUT2D eigenvalue weighted by Crippen LogP contribution is 2.22. The molecule has 0 bridgehead atoms. The maximum Gasteiger partial charge on any atom is 0.280 e. The minimum atomic E-state index is -0.562. The molecule has 0 spiro atoms. The molecule has 0 fully saturated rings. The van der Waals surface area contributed by atoms with Crippen molar-refractivity contribution in [2.75, 3.05) is 7.11 Å². The molecule has 0 heterocycles. The Balaban J connectivity index is 2.47. The van der Waals surface area contributed by atoms with Gasteiger partial charge < -0.3 is 4.74 Å². The van der Waals surface area contributed by atoms with Gasteiger partial charge in [0, 0.05) is 11.6 Å². The molecule has 0 amide bonds. The summed E-state index contributed by atoms with van der Waals surface area (Å²) >= 11 is 0. The van der Waals surface area contributed by atoms with Gasteiger partial charge in [-0.15, -0.1) is 0 Å².